The molecule has 326 valence electrons. The van der Waals surface area contributed by atoms with Crippen LogP contribution in [0.1, 0.15) is 101 Å². The van der Waals surface area contributed by atoms with E-state index in [1.54, 1.807) is 0 Å². The lowest BCUT2D eigenvalue weighted by atomic mass is 9.94. The first-order valence-corrected chi connectivity index (χ1v) is 23.3. The van der Waals surface area contributed by atoms with Gasteiger partial charge in [0.1, 0.15) is 11.6 Å². The molecule has 0 unspecified atom stereocenters. The van der Waals surface area contributed by atoms with Gasteiger partial charge >= 0.3 is 0 Å². The van der Waals surface area contributed by atoms with Crippen LogP contribution in [0, 0.1) is 0 Å². The Morgan fingerprint density at radius 1 is 0.303 bits per heavy atom. The Balaban J connectivity index is 1.12. The molecule has 0 N–H and O–H groups in total. The minimum Gasteiger partial charge on any atom is -0.292 e. The Bertz CT molecular complexity index is 3130. The highest BCUT2D eigenvalue weighted by Gasteiger charge is 2.21. The molecule has 7 heteroatoms. The number of para-hydroxylation sites is 4. The van der Waals surface area contributed by atoms with Crippen LogP contribution in [-0.2, 0) is 0 Å². The fourth-order valence-corrected chi connectivity index (χ4v) is 8.82. The van der Waals surface area contributed by atoms with E-state index in [1.807, 2.05) is 30.3 Å². The SMILES string of the molecule is CC(C)c1cc(C(C)C)cc(-n2c(-c3cccc(-c4nc(-c5ccccc5)nc(-c5cccc(-c6nc7ccccc7n6-c6cc(C(C)C)cc(C(C)C)c6)c5)n4)c3)nc3ccccc32)c1. The summed E-state index contributed by atoms with van der Waals surface area (Å²) < 4.78 is 4.62. The molecule has 0 amide bonds. The van der Waals surface area contributed by atoms with E-state index >= 15 is 0 Å². The van der Waals surface area contributed by atoms with Gasteiger partial charge in [-0.2, -0.15) is 0 Å². The van der Waals surface area contributed by atoms with Crippen molar-refractivity contribution in [2.24, 2.45) is 0 Å². The molecule has 0 spiro atoms. The van der Waals surface area contributed by atoms with Gasteiger partial charge in [0.25, 0.3) is 0 Å². The van der Waals surface area contributed by atoms with Gasteiger partial charge in [0.05, 0.1) is 22.1 Å². The lowest BCUT2D eigenvalue weighted by Crippen LogP contribution is -2.03. The molecule has 0 fully saturated rings. The molecule has 66 heavy (non-hydrogen) atoms. The monoisotopic (exact) mass is 861 g/mol. The largest absolute Gasteiger partial charge is 0.292 e. The van der Waals surface area contributed by atoms with Gasteiger partial charge in [0.2, 0.25) is 0 Å². The third-order valence-electron chi connectivity index (χ3n) is 12.7. The topological polar surface area (TPSA) is 74.3 Å². The van der Waals surface area contributed by atoms with Crippen molar-refractivity contribution in [3.63, 3.8) is 0 Å². The summed E-state index contributed by atoms with van der Waals surface area (Å²) in [6.45, 7) is 18.1. The van der Waals surface area contributed by atoms with E-state index in [2.05, 4.69) is 198 Å². The molecule has 0 atom stereocenters. The van der Waals surface area contributed by atoms with Crippen LogP contribution in [0.3, 0.4) is 0 Å². The molecule has 0 aliphatic heterocycles. The maximum absolute atomic E-state index is 5.28. The van der Waals surface area contributed by atoms with Gasteiger partial charge < -0.3 is 0 Å². The second-order valence-corrected chi connectivity index (χ2v) is 18.7. The van der Waals surface area contributed by atoms with Crippen LogP contribution in [0.4, 0.5) is 0 Å². The Kier molecular flexibility index (Phi) is 11.2. The van der Waals surface area contributed by atoms with Crippen LogP contribution >= 0.6 is 0 Å². The van der Waals surface area contributed by atoms with Crippen molar-refractivity contribution in [1.29, 1.82) is 0 Å². The molecule has 0 aliphatic carbocycles. The van der Waals surface area contributed by atoms with E-state index in [0.717, 1.165) is 72.9 Å². The number of aromatic nitrogens is 7. The van der Waals surface area contributed by atoms with E-state index in [1.165, 1.54) is 22.3 Å². The fourth-order valence-electron chi connectivity index (χ4n) is 8.82. The molecule has 7 nitrogen and oxygen atoms in total. The molecule has 10 rings (SSSR count). The summed E-state index contributed by atoms with van der Waals surface area (Å²) >= 11 is 0. The molecule has 0 aliphatic rings. The third kappa shape index (κ3) is 8.11. The van der Waals surface area contributed by atoms with E-state index in [-0.39, 0.29) is 0 Å². The number of benzene rings is 7. The minimum absolute atomic E-state index is 0.377. The van der Waals surface area contributed by atoms with Crippen LogP contribution in [-0.4, -0.2) is 34.1 Å². The zero-order valence-electron chi connectivity index (χ0n) is 39.0. The van der Waals surface area contributed by atoms with Gasteiger partial charge in [-0.1, -0.05) is 159 Å². The summed E-state index contributed by atoms with van der Waals surface area (Å²) in [6.07, 6.45) is 0. The fraction of sp³-hybridized carbons (Fsp3) is 0.203. The van der Waals surface area contributed by atoms with Gasteiger partial charge in [-0.3, -0.25) is 9.13 Å². The molecule has 3 heterocycles. The van der Waals surface area contributed by atoms with Gasteiger partial charge in [-0.05, 0) is 107 Å². The number of hydrogen-bond donors (Lipinski definition) is 0. The normalized spacial score (nSPS) is 11.9. The van der Waals surface area contributed by atoms with Crippen molar-refractivity contribution in [2.45, 2.75) is 79.1 Å². The molecule has 10 aromatic rings. The zero-order chi connectivity index (χ0) is 45.6. The van der Waals surface area contributed by atoms with Crippen molar-refractivity contribution in [2.75, 3.05) is 0 Å². The quantitative estimate of drug-likeness (QED) is 0.129. The molecule has 0 radical (unpaired) electrons. The van der Waals surface area contributed by atoms with Crippen LogP contribution in [0.5, 0.6) is 0 Å². The van der Waals surface area contributed by atoms with E-state index in [0.29, 0.717) is 41.1 Å². The maximum atomic E-state index is 5.28. The van der Waals surface area contributed by atoms with Crippen LogP contribution < -0.4 is 0 Å². The molecule has 3 aromatic heterocycles. The van der Waals surface area contributed by atoms with Gasteiger partial charge in [-0.25, -0.2) is 24.9 Å². The number of hydrogen-bond acceptors (Lipinski definition) is 5. The highest BCUT2D eigenvalue weighted by Crippen LogP contribution is 2.37. The predicted octanol–water partition coefficient (Wildman–Crippen LogP) is 15.4. The number of nitrogens with zero attached hydrogens (tertiary/aromatic N) is 7. The molecular formula is C59H55N7. The minimum atomic E-state index is 0.377. The van der Waals surface area contributed by atoms with Crippen molar-refractivity contribution in [3.8, 4) is 68.3 Å². The predicted molar refractivity (Wildman–Crippen MR) is 273 cm³/mol. The molecule has 0 saturated carbocycles. The number of fused-ring (bicyclic) bond motifs is 2. The zero-order valence-corrected chi connectivity index (χ0v) is 39.0. The van der Waals surface area contributed by atoms with E-state index in [9.17, 15) is 0 Å². The highest BCUT2D eigenvalue weighted by atomic mass is 15.1. The number of imidazole rings is 2. The van der Waals surface area contributed by atoms with Gasteiger partial charge in [0, 0.05) is 39.2 Å². The first-order valence-electron chi connectivity index (χ1n) is 23.3. The van der Waals surface area contributed by atoms with Crippen LogP contribution in [0.15, 0.2) is 164 Å². The first kappa shape index (κ1) is 42.4. The third-order valence-corrected chi connectivity index (χ3v) is 12.7. The molecular weight excluding hydrogens is 807 g/mol. The maximum Gasteiger partial charge on any atom is 0.164 e. The van der Waals surface area contributed by atoms with E-state index < -0.39 is 0 Å². The van der Waals surface area contributed by atoms with Crippen molar-refractivity contribution < 1.29 is 0 Å². The van der Waals surface area contributed by atoms with Gasteiger partial charge in [-0.15, -0.1) is 0 Å². The summed E-state index contributed by atoms with van der Waals surface area (Å²) in [5.41, 5.74) is 16.0. The molecule has 0 bridgehead atoms. The summed E-state index contributed by atoms with van der Waals surface area (Å²) in [4.78, 5) is 26.2. The Morgan fingerprint density at radius 2 is 0.636 bits per heavy atom. The standard InChI is InChI=1S/C59H55N7/c1-36(2)45-30-46(37(3)4)33-49(32-45)65-53-26-14-12-24-51(53)60-58(65)43-22-16-20-41(28-43)56-62-55(40-18-10-9-11-19-40)63-57(64-56)42-21-17-23-44(29-42)59-61-52-25-13-15-27-54(52)66(59)50-34-47(38(5)6)31-48(35-50)39(7)8/h9-39H,1-8H3. The Labute approximate surface area is 388 Å². The average molecular weight is 862 g/mol. The van der Waals surface area contributed by atoms with Gasteiger partial charge in [0.15, 0.2) is 17.5 Å². The lowest BCUT2D eigenvalue weighted by Gasteiger charge is -2.17. The summed E-state index contributed by atoms with van der Waals surface area (Å²) in [6, 6.07) is 57.8. The first-order chi connectivity index (χ1) is 32.0. The lowest BCUT2D eigenvalue weighted by molar-refractivity contribution is 0.829. The van der Waals surface area contributed by atoms with Crippen molar-refractivity contribution in [3.05, 3.63) is 186 Å². The molecule has 0 saturated heterocycles. The van der Waals surface area contributed by atoms with Crippen LogP contribution in [0.2, 0.25) is 0 Å². The smallest absolute Gasteiger partial charge is 0.164 e. The van der Waals surface area contributed by atoms with Crippen LogP contribution in [0.25, 0.3) is 90.4 Å². The number of rotatable bonds is 11. The molecule has 7 aromatic carbocycles. The average Bonchev–Trinajstić information content (AvgIpc) is 3.94. The van der Waals surface area contributed by atoms with E-state index in [4.69, 9.17) is 24.9 Å². The highest BCUT2D eigenvalue weighted by molar-refractivity contribution is 5.86. The second-order valence-electron chi connectivity index (χ2n) is 18.7. The second kappa shape index (κ2) is 17.5. The van der Waals surface area contributed by atoms with Crippen molar-refractivity contribution in [1.82, 2.24) is 34.1 Å². The summed E-state index contributed by atoms with van der Waals surface area (Å²) in [5, 5.41) is 0. The Hall–Kier alpha value is -7.51. The Morgan fingerprint density at radius 3 is 1.03 bits per heavy atom. The summed E-state index contributed by atoms with van der Waals surface area (Å²) in [5.74, 6) is 5.00. The summed E-state index contributed by atoms with van der Waals surface area (Å²) in [7, 11) is 0. The van der Waals surface area contributed by atoms with Crippen molar-refractivity contribution >= 4 is 22.1 Å².